The van der Waals surface area contributed by atoms with Crippen LogP contribution in [0.3, 0.4) is 0 Å². The molecule has 0 radical (unpaired) electrons. The van der Waals surface area contributed by atoms with Gasteiger partial charge in [-0.25, -0.2) is 0 Å². The Morgan fingerprint density at radius 2 is 1.81 bits per heavy atom. The number of imide groups is 1. The smallest absolute Gasteiger partial charge is 0.235 e. The lowest BCUT2D eigenvalue weighted by molar-refractivity contribution is -0.134. The van der Waals surface area contributed by atoms with Crippen LogP contribution < -0.4 is 10.6 Å². The fourth-order valence-corrected chi connectivity index (χ4v) is 6.03. The Morgan fingerprint density at radius 3 is 2.53 bits per heavy atom. The van der Waals surface area contributed by atoms with E-state index in [1.807, 2.05) is 11.7 Å². The summed E-state index contributed by atoms with van der Waals surface area (Å²) in [5, 5.41) is 11.7. The molecule has 172 valence electrons. The molecule has 0 aliphatic carbocycles. The summed E-state index contributed by atoms with van der Waals surface area (Å²) < 4.78 is 1.90. The molecule has 1 aromatic heterocycles. The van der Waals surface area contributed by atoms with Crippen molar-refractivity contribution in [3.05, 3.63) is 29.5 Å². The number of carbonyl (C=O) groups excluding carboxylic acids is 2. The molecule has 3 aliphatic heterocycles. The first-order valence-corrected chi connectivity index (χ1v) is 12.3. The van der Waals surface area contributed by atoms with E-state index in [1.54, 1.807) is 0 Å². The van der Waals surface area contributed by atoms with E-state index in [1.165, 1.54) is 44.3 Å². The molecule has 3 fully saturated rings. The van der Waals surface area contributed by atoms with Crippen LogP contribution in [0.4, 0.5) is 0 Å². The Balaban J connectivity index is 1.29. The second-order valence-corrected chi connectivity index (χ2v) is 9.93. The lowest BCUT2D eigenvalue weighted by atomic mass is 9.85. The topological polar surface area (TPSA) is 79.3 Å². The molecule has 0 bridgehead atoms. The van der Waals surface area contributed by atoms with Gasteiger partial charge in [0.2, 0.25) is 11.8 Å². The van der Waals surface area contributed by atoms with E-state index in [-0.39, 0.29) is 17.7 Å². The Labute approximate surface area is 189 Å². The number of likely N-dealkylation sites (tertiary alicyclic amines) is 1. The molecule has 2 atom stereocenters. The number of benzene rings is 1. The molecule has 2 aromatic rings. The number of fused-ring (bicyclic) bond motifs is 1. The highest BCUT2D eigenvalue weighted by atomic mass is 16.2. The summed E-state index contributed by atoms with van der Waals surface area (Å²) >= 11 is 0. The van der Waals surface area contributed by atoms with Gasteiger partial charge >= 0.3 is 0 Å². The normalized spacial score (nSPS) is 25.2. The van der Waals surface area contributed by atoms with Gasteiger partial charge in [0.1, 0.15) is 0 Å². The van der Waals surface area contributed by atoms with Crippen LogP contribution in [0.1, 0.15) is 68.5 Å². The lowest BCUT2D eigenvalue weighted by Gasteiger charge is -2.41. The third-order valence-electron chi connectivity index (χ3n) is 8.12. The summed E-state index contributed by atoms with van der Waals surface area (Å²) in [6, 6.07) is 7.32. The highest BCUT2D eigenvalue weighted by Crippen LogP contribution is 2.35. The number of nitrogens with one attached hydrogen (secondary N) is 2. The van der Waals surface area contributed by atoms with Crippen molar-refractivity contribution in [3.63, 3.8) is 0 Å². The van der Waals surface area contributed by atoms with E-state index in [0.29, 0.717) is 24.8 Å². The Hall–Kier alpha value is -2.25. The Kier molecular flexibility index (Phi) is 6.03. The van der Waals surface area contributed by atoms with E-state index in [2.05, 4.69) is 40.7 Å². The SMILES string of the molecule is C[C@H](C1CCNCC1)N1CCC(c2ccc3c(C4CCC(=O)NC4=O)nn(C)c3c2)CC1. The summed E-state index contributed by atoms with van der Waals surface area (Å²) in [5.41, 5.74) is 3.25. The van der Waals surface area contributed by atoms with Gasteiger partial charge in [-0.3, -0.25) is 19.6 Å². The number of hydrogen-bond donors (Lipinski definition) is 2. The number of carbonyl (C=O) groups is 2. The molecular weight excluding hydrogens is 402 g/mol. The lowest BCUT2D eigenvalue weighted by Crippen LogP contribution is -2.46. The summed E-state index contributed by atoms with van der Waals surface area (Å²) in [4.78, 5) is 26.6. The van der Waals surface area contributed by atoms with Crippen molar-refractivity contribution in [2.75, 3.05) is 26.2 Å². The van der Waals surface area contributed by atoms with Gasteiger partial charge < -0.3 is 10.2 Å². The fraction of sp³-hybridized carbons (Fsp3) is 0.640. The molecule has 1 aromatic carbocycles. The van der Waals surface area contributed by atoms with Crippen LogP contribution in [-0.2, 0) is 16.6 Å². The fourth-order valence-electron chi connectivity index (χ4n) is 6.03. The quantitative estimate of drug-likeness (QED) is 0.719. The van der Waals surface area contributed by atoms with Crippen molar-refractivity contribution in [3.8, 4) is 0 Å². The maximum Gasteiger partial charge on any atom is 0.235 e. The predicted molar refractivity (Wildman–Crippen MR) is 124 cm³/mol. The first-order chi connectivity index (χ1) is 15.5. The number of nitrogens with zero attached hydrogens (tertiary/aromatic N) is 3. The van der Waals surface area contributed by atoms with E-state index in [4.69, 9.17) is 5.10 Å². The molecule has 5 rings (SSSR count). The number of hydrogen-bond acceptors (Lipinski definition) is 5. The van der Waals surface area contributed by atoms with Crippen molar-refractivity contribution in [1.29, 1.82) is 0 Å². The van der Waals surface area contributed by atoms with Gasteiger partial charge in [0.05, 0.1) is 17.1 Å². The van der Waals surface area contributed by atoms with Gasteiger partial charge in [0.25, 0.3) is 0 Å². The Bertz CT molecular complexity index is 1000. The van der Waals surface area contributed by atoms with Crippen LogP contribution in [-0.4, -0.2) is 58.7 Å². The zero-order valence-corrected chi connectivity index (χ0v) is 19.3. The van der Waals surface area contributed by atoms with Crippen molar-refractivity contribution in [1.82, 2.24) is 25.3 Å². The highest BCUT2D eigenvalue weighted by Gasteiger charge is 2.32. The van der Waals surface area contributed by atoms with Crippen LogP contribution >= 0.6 is 0 Å². The minimum Gasteiger partial charge on any atom is -0.317 e. The number of aromatic nitrogens is 2. The van der Waals surface area contributed by atoms with Crippen LogP contribution in [0.2, 0.25) is 0 Å². The molecule has 32 heavy (non-hydrogen) atoms. The molecule has 0 spiro atoms. The van der Waals surface area contributed by atoms with Crippen LogP contribution in [0.15, 0.2) is 18.2 Å². The second kappa shape index (κ2) is 8.94. The molecular formula is C25H35N5O2. The van der Waals surface area contributed by atoms with Crippen LogP contribution in [0.5, 0.6) is 0 Å². The number of amides is 2. The van der Waals surface area contributed by atoms with Gasteiger partial charge in [-0.05, 0) is 88.7 Å². The summed E-state index contributed by atoms with van der Waals surface area (Å²) in [6.07, 6.45) is 5.89. The highest BCUT2D eigenvalue weighted by molar-refractivity contribution is 6.02. The minimum absolute atomic E-state index is 0.186. The van der Waals surface area contributed by atoms with Crippen molar-refractivity contribution in [2.24, 2.45) is 13.0 Å². The van der Waals surface area contributed by atoms with Crippen molar-refractivity contribution in [2.45, 2.75) is 63.3 Å². The first-order valence-electron chi connectivity index (χ1n) is 12.3. The average Bonchev–Trinajstić information content (AvgIpc) is 3.15. The van der Waals surface area contributed by atoms with E-state index < -0.39 is 0 Å². The van der Waals surface area contributed by atoms with Gasteiger partial charge in [0.15, 0.2) is 0 Å². The van der Waals surface area contributed by atoms with Gasteiger partial charge in [0, 0.05) is 24.9 Å². The molecule has 2 amide bonds. The molecule has 3 aliphatic rings. The molecule has 7 heteroatoms. The maximum absolute atomic E-state index is 12.4. The second-order valence-electron chi connectivity index (χ2n) is 9.93. The van der Waals surface area contributed by atoms with Crippen molar-refractivity contribution >= 4 is 22.7 Å². The molecule has 1 unspecified atom stereocenters. The van der Waals surface area contributed by atoms with Crippen LogP contribution in [0, 0.1) is 5.92 Å². The van der Waals surface area contributed by atoms with E-state index in [0.717, 1.165) is 35.6 Å². The summed E-state index contributed by atoms with van der Waals surface area (Å²) in [7, 11) is 1.95. The third kappa shape index (κ3) is 4.08. The monoisotopic (exact) mass is 437 g/mol. The molecule has 4 heterocycles. The van der Waals surface area contributed by atoms with Crippen LogP contribution in [0.25, 0.3) is 10.9 Å². The van der Waals surface area contributed by atoms with E-state index >= 15 is 0 Å². The Morgan fingerprint density at radius 1 is 1.06 bits per heavy atom. The van der Waals surface area contributed by atoms with Gasteiger partial charge in [-0.1, -0.05) is 12.1 Å². The predicted octanol–water partition coefficient (Wildman–Crippen LogP) is 2.66. The average molecular weight is 438 g/mol. The maximum atomic E-state index is 12.4. The molecule has 2 N–H and O–H groups in total. The zero-order valence-electron chi connectivity index (χ0n) is 19.3. The summed E-state index contributed by atoms with van der Waals surface area (Å²) in [6.45, 7) is 7.09. The number of aryl methyl sites for hydroxylation is 1. The molecule has 3 saturated heterocycles. The number of rotatable bonds is 4. The van der Waals surface area contributed by atoms with Gasteiger partial charge in [-0.15, -0.1) is 0 Å². The summed E-state index contributed by atoms with van der Waals surface area (Å²) in [5.74, 6) is 0.645. The number of piperidine rings is 3. The first kappa shape index (κ1) is 21.6. The molecule has 0 saturated carbocycles. The largest absolute Gasteiger partial charge is 0.317 e. The van der Waals surface area contributed by atoms with Gasteiger partial charge in [-0.2, -0.15) is 5.10 Å². The third-order valence-corrected chi connectivity index (χ3v) is 8.12. The van der Waals surface area contributed by atoms with E-state index in [9.17, 15) is 9.59 Å². The minimum atomic E-state index is -0.345. The van der Waals surface area contributed by atoms with Crippen molar-refractivity contribution < 1.29 is 9.59 Å². The molecule has 7 nitrogen and oxygen atoms in total. The standard InChI is InChI=1S/C25H35N5O2/c1-16(17-7-11-26-12-8-17)30-13-9-18(10-14-30)19-3-4-20-22(15-19)29(2)28-24(20)21-5-6-23(31)27-25(21)32/h3-4,15-18,21,26H,5-14H2,1-2H3,(H,27,31,32)/t16-,21?/m1/s1. The zero-order chi connectivity index (χ0) is 22.2.